The molecule has 0 aliphatic carbocycles. The summed E-state index contributed by atoms with van der Waals surface area (Å²) >= 11 is 0. The molecule has 2 heteroatoms. The topological polar surface area (TPSA) is 17.8 Å². The second-order valence-corrected chi connectivity index (χ2v) is 3.83. The zero-order valence-corrected chi connectivity index (χ0v) is 8.36. The van der Waals surface area contributed by atoms with Crippen LogP contribution in [-0.4, -0.2) is 9.78 Å². The first-order chi connectivity index (χ1) is 5.63. The Morgan fingerprint density at radius 1 is 1.17 bits per heavy atom. The van der Waals surface area contributed by atoms with Crippen molar-refractivity contribution in [2.24, 2.45) is 11.8 Å². The highest BCUT2D eigenvalue weighted by Crippen LogP contribution is 2.23. The summed E-state index contributed by atoms with van der Waals surface area (Å²) in [4.78, 5) is 0. The molecular formula is C10H18N2. The second kappa shape index (κ2) is 3.74. The minimum Gasteiger partial charge on any atom is -0.270 e. The Morgan fingerprint density at radius 2 is 1.83 bits per heavy atom. The highest BCUT2D eigenvalue weighted by Gasteiger charge is 2.16. The standard InChI is InChI=1S/C10H18N2/c1-8(2)9(3)10(4)12-7-5-6-11-12/h5-10H,1-4H3. The van der Waals surface area contributed by atoms with Crippen molar-refractivity contribution in [1.82, 2.24) is 9.78 Å². The van der Waals surface area contributed by atoms with Crippen molar-refractivity contribution in [2.75, 3.05) is 0 Å². The normalized spacial score (nSPS) is 16.4. The molecule has 0 spiro atoms. The highest BCUT2D eigenvalue weighted by molar-refractivity contribution is 4.82. The van der Waals surface area contributed by atoms with E-state index >= 15 is 0 Å². The molecule has 1 heterocycles. The van der Waals surface area contributed by atoms with E-state index in [9.17, 15) is 0 Å². The fraction of sp³-hybridized carbons (Fsp3) is 0.700. The minimum atomic E-state index is 0.500. The maximum Gasteiger partial charge on any atom is 0.0519 e. The van der Waals surface area contributed by atoms with E-state index < -0.39 is 0 Å². The maximum atomic E-state index is 4.24. The van der Waals surface area contributed by atoms with Crippen LogP contribution in [0.5, 0.6) is 0 Å². The van der Waals surface area contributed by atoms with Gasteiger partial charge >= 0.3 is 0 Å². The molecule has 2 unspecified atom stereocenters. The van der Waals surface area contributed by atoms with Gasteiger partial charge in [-0.1, -0.05) is 20.8 Å². The molecule has 0 aliphatic heterocycles. The first kappa shape index (κ1) is 9.30. The van der Waals surface area contributed by atoms with Gasteiger partial charge in [-0.25, -0.2) is 0 Å². The Hall–Kier alpha value is -0.790. The van der Waals surface area contributed by atoms with Crippen LogP contribution in [0, 0.1) is 11.8 Å². The lowest BCUT2D eigenvalue weighted by Crippen LogP contribution is -2.18. The Balaban J connectivity index is 2.65. The van der Waals surface area contributed by atoms with Gasteiger partial charge in [-0.15, -0.1) is 0 Å². The van der Waals surface area contributed by atoms with Crippen molar-refractivity contribution in [3.63, 3.8) is 0 Å². The molecule has 0 saturated carbocycles. The quantitative estimate of drug-likeness (QED) is 0.675. The largest absolute Gasteiger partial charge is 0.270 e. The molecule has 68 valence electrons. The molecule has 1 aromatic heterocycles. The third kappa shape index (κ3) is 1.87. The van der Waals surface area contributed by atoms with Gasteiger partial charge in [-0.3, -0.25) is 4.68 Å². The van der Waals surface area contributed by atoms with Gasteiger partial charge in [-0.05, 0) is 24.8 Å². The molecule has 0 aliphatic rings. The Morgan fingerprint density at radius 3 is 2.25 bits per heavy atom. The van der Waals surface area contributed by atoms with Crippen LogP contribution in [0.3, 0.4) is 0 Å². The Labute approximate surface area is 74.6 Å². The fourth-order valence-electron chi connectivity index (χ4n) is 1.32. The lowest BCUT2D eigenvalue weighted by Gasteiger charge is -2.23. The van der Waals surface area contributed by atoms with E-state index in [-0.39, 0.29) is 0 Å². The van der Waals surface area contributed by atoms with Crippen LogP contribution in [0.25, 0.3) is 0 Å². The van der Waals surface area contributed by atoms with Gasteiger partial charge in [0.05, 0.1) is 6.04 Å². The first-order valence-electron chi connectivity index (χ1n) is 4.62. The van der Waals surface area contributed by atoms with Gasteiger partial charge in [-0.2, -0.15) is 5.10 Å². The van der Waals surface area contributed by atoms with Gasteiger partial charge in [0.15, 0.2) is 0 Å². The molecular weight excluding hydrogens is 148 g/mol. The van der Waals surface area contributed by atoms with Crippen molar-refractivity contribution >= 4 is 0 Å². The van der Waals surface area contributed by atoms with Crippen LogP contribution in [0.2, 0.25) is 0 Å². The first-order valence-corrected chi connectivity index (χ1v) is 4.62. The molecule has 2 atom stereocenters. The van der Waals surface area contributed by atoms with E-state index in [1.807, 2.05) is 23.1 Å². The summed E-state index contributed by atoms with van der Waals surface area (Å²) in [6, 6.07) is 2.48. The summed E-state index contributed by atoms with van der Waals surface area (Å²) in [5.74, 6) is 1.38. The van der Waals surface area contributed by atoms with Crippen LogP contribution in [-0.2, 0) is 0 Å². The van der Waals surface area contributed by atoms with Crippen LogP contribution < -0.4 is 0 Å². The lowest BCUT2D eigenvalue weighted by molar-refractivity contribution is 0.278. The molecule has 0 fully saturated rings. The highest BCUT2D eigenvalue weighted by atomic mass is 15.3. The molecule has 0 aromatic carbocycles. The van der Waals surface area contributed by atoms with E-state index in [0.717, 1.165) is 0 Å². The van der Waals surface area contributed by atoms with Crippen molar-refractivity contribution in [3.05, 3.63) is 18.5 Å². The van der Waals surface area contributed by atoms with Gasteiger partial charge in [0.2, 0.25) is 0 Å². The van der Waals surface area contributed by atoms with Gasteiger partial charge < -0.3 is 0 Å². The maximum absolute atomic E-state index is 4.24. The van der Waals surface area contributed by atoms with E-state index in [0.29, 0.717) is 17.9 Å². The van der Waals surface area contributed by atoms with E-state index in [1.54, 1.807) is 0 Å². The average molecular weight is 166 g/mol. The third-order valence-corrected chi connectivity index (χ3v) is 2.75. The summed E-state index contributed by atoms with van der Waals surface area (Å²) in [5, 5.41) is 4.24. The molecule has 0 saturated heterocycles. The van der Waals surface area contributed by atoms with Crippen molar-refractivity contribution < 1.29 is 0 Å². The molecule has 1 aromatic rings. The minimum absolute atomic E-state index is 0.500. The summed E-state index contributed by atoms with van der Waals surface area (Å²) < 4.78 is 2.03. The smallest absolute Gasteiger partial charge is 0.0519 e. The average Bonchev–Trinajstić information content (AvgIpc) is 2.53. The van der Waals surface area contributed by atoms with Crippen LogP contribution in [0.1, 0.15) is 33.7 Å². The van der Waals surface area contributed by atoms with E-state index in [1.165, 1.54) is 0 Å². The summed E-state index contributed by atoms with van der Waals surface area (Å²) in [6.07, 6.45) is 3.87. The summed E-state index contributed by atoms with van der Waals surface area (Å²) in [7, 11) is 0. The monoisotopic (exact) mass is 166 g/mol. The molecule has 0 bridgehead atoms. The summed E-state index contributed by atoms with van der Waals surface area (Å²) in [5.41, 5.74) is 0. The molecule has 12 heavy (non-hydrogen) atoms. The molecule has 1 rings (SSSR count). The molecule has 0 amide bonds. The van der Waals surface area contributed by atoms with E-state index in [2.05, 4.69) is 32.8 Å². The number of hydrogen-bond donors (Lipinski definition) is 0. The SMILES string of the molecule is CC(C)C(C)C(C)n1cccn1. The molecule has 0 N–H and O–H groups in total. The zero-order chi connectivity index (χ0) is 9.14. The van der Waals surface area contributed by atoms with E-state index in [4.69, 9.17) is 0 Å². The lowest BCUT2D eigenvalue weighted by atomic mass is 9.91. The molecule has 2 nitrogen and oxygen atoms in total. The predicted molar refractivity (Wildman–Crippen MR) is 50.9 cm³/mol. The van der Waals surface area contributed by atoms with Crippen molar-refractivity contribution in [1.29, 1.82) is 0 Å². The van der Waals surface area contributed by atoms with Gasteiger partial charge in [0.25, 0.3) is 0 Å². The van der Waals surface area contributed by atoms with Gasteiger partial charge in [0.1, 0.15) is 0 Å². The number of nitrogens with zero attached hydrogens (tertiary/aromatic N) is 2. The van der Waals surface area contributed by atoms with Crippen LogP contribution in [0.15, 0.2) is 18.5 Å². The van der Waals surface area contributed by atoms with Gasteiger partial charge in [0, 0.05) is 12.4 Å². The number of aromatic nitrogens is 2. The molecule has 0 radical (unpaired) electrons. The Bertz CT molecular complexity index is 214. The van der Waals surface area contributed by atoms with Crippen molar-refractivity contribution in [2.45, 2.75) is 33.7 Å². The zero-order valence-electron chi connectivity index (χ0n) is 8.36. The number of hydrogen-bond acceptors (Lipinski definition) is 1. The van der Waals surface area contributed by atoms with Crippen LogP contribution >= 0.6 is 0 Å². The number of rotatable bonds is 3. The van der Waals surface area contributed by atoms with Crippen molar-refractivity contribution in [3.8, 4) is 0 Å². The van der Waals surface area contributed by atoms with Crippen LogP contribution in [0.4, 0.5) is 0 Å². The third-order valence-electron chi connectivity index (χ3n) is 2.75. The second-order valence-electron chi connectivity index (χ2n) is 3.83. The predicted octanol–water partition coefficient (Wildman–Crippen LogP) is 2.74. The Kier molecular flexibility index (Phi) is 2.90. The summed E-state index contributed by atoms with van der Waals surface area (Å²) in [6.45, 7) is 9.00. The fourth-order valence-corrected chi connectivity index (χ4v) is 1.32.